The molecule has 0 amide bonds. The smallest absolute Gasteiger partial charge is 0.231 e. The number of para-hydroxylation sites is 1. The van der Waals surface area contributed by atoms with Gasteiger partial charge in [-0.25, -0.2) is 0 Å². The summed E-state index contributed by atoms with van der Waals surface area (Å²) in [5.41, 5.74) is 7.10. The highest BCUT2D eigenvalue weighted by atomic mass is 16.5. The van der Waals surface area contributed by atoms with Crippen LogP contribution in [0.25, 0.3) is 17.0 Å². The summed E-state index contributed by atoms with van der Waals surface area (Å²) in [5, 5.41) is 1.11. The zero-order valence-electron chi connectivity index (χ0n) is 19.4. The highest BCUT2D eigenvalue weighted by Crippen LogP contribution is 2.40. The van der Waals surface area contributed by atoms with Crippen LogP contribution in [0.4, 0.5) is 0 Å². The van der Waals surface area contributed by atoms with Crippen molar-refractivity contribution >= 4 is 22.8 Å². The van der Waals surface area contributed by atoms with Gasteiger partial charge < -0.3 is 14.0 Å². The molecule has 2 heterocycles. The number of nitrogens with zero attached hydrogens (tertiary/aromatic N) is 1. The van der Waals surface area contributed by atoms with Crippen LogP contribution in [-0.2, 0) is 13.2 Å². The van der Waals surface area contributed by atoms with Gasteiger partial charge in [0.25, 0.3) is 0 Å². The van der Waals surface area contributed by atoms with E-state index in [9.17, 15) is 4.79 Å². The molecule has 0 aliphatic carbocycles. The number of ketones is 1. The largest absolute Gasteiger partial charge is 0.488 e. The van der Waals surface area contributed by atoms with E-state index in [1.165, 1.54) is 11.1 Å². The molecular formula is C29H27NO3. The van der Waals surface area contributed by atoms with E-state index in [0.29, 0.717) is 23.7 Å². The van der Waals surface area contributed by atoms with Crippen LogP contribution in [0.1, 0.15) is 45.1 Å². The number of allylic oxidation sites excluding steroid dienone is 1. The highest BCUT2D eigenvalue weighted by molar-refractivity contribution is 6.15. The first-order valence-electron chi connectivity index (χ1n) is 11.3. The molecule has 0 unspecified atom stereocenters. The Labute approximate surface area is 194 Å². The number of fused-ring (bicyclic) bond motifs is 2. The molecule has 4 heteroatoms. The SMILES string of the molecule is CCn1cc(C=C2Oc3c(ccc(OCc4cc(C)ccc4C)c3C)C2=O)c2ccccc21. The van der Waals surface area contributed by atoms with Crippen molar-refractivity contribution in [1.29, 1.82) is 0 Å². The first-order valence-corrected chi connectivity index (χ1v) is 11.3. The van der Waals surface area contributed by atoms with Crippen molar-refractivity contribution in [1.82, 2.24) is 4.57 Å². The first kappa shape index (κ1) is 21.1. The Bertz CT molecular complexity index is 1420. The molecule has 0 bridgehead atoms. The Morgan fingerprint density at radius 3 is 2.67 bits per heavy atom. The van der Waals surface area contributed by atoms with Gasteiger partial charge in [-0.15, -0.1) is 0 Å². The average molecular weight is 438 g/mol. The molecule has 5 rings (SSSR count). The van der Waals surface area contributed by atoms with Crippen molar-refractivity contribution in [2.75, 3.05) is 0 Å². The third kappa shape index (κ3) is 3.72. The quantitative estimate of drug-likeness (QED) is 0.323. The van der Waals surface area contributed by atoms with E-state index in [-0.39, 0.29) is 5.78 Å². The lowest BCUT2D eigenvalue weighted by molar-refractivity contribution is 0.101. The number of benzene rings is 3. The van der Waals surface area contributed by atoms with Gasteiger partial charge in [0.2, 0.25) is 5.78 Å². The van der Waals surface area contributed by atoms with E-state index in [1.54, 1.807) is 6.07 Å². The van der Waals surface area contributed by atoms with Crippen LogP contribution in [0.3, 0.4) is 0 Å². The summed E-state index contributed by atoms with van der Waals surface area (Å²) in [6, 6.07) is 18.2. The van der Waals surface area contributed by atoms with Crippen molar-refractivity contribution in [2.24, 2.45) is 0 Å². The van der Waals surface area contributed by atoms with Crippen LogP contribution < -0.4 is 9.47 Å². The van der Waals surface area contributed by atoms with Crippen molar-refractivity contribution in [2.45, 2.75) is 40.8 Å². The van der Waals surface area contributed by atoms with E-state index < -0.39 is 0 Å². The molecule has 0 radical (unpaired) electrons. The second-order valence-electron chi connectivity index (χ2n) is 8.61. The number of Topliss-reactive ketones (excluding diaryl/α,β-unsaturated/α-hetero) is 1. The van der Waals surface area contributed by atoms with Crippen molar-refractivity contribution in [3.63, 3.8) is 0 Å². The molecule has 0 fully saturated rings. The molecular weight excluding hydrogens is 410 g/mol. The van der Waals surface area contributed by atoms with E-state index in [1.807, 2.05) is 31.2 Å². The summed E-state index contributed by atoms with van der Waals surface area (Å²) in [6.45, 7) is 9.55. The van der Waals surface area contributed by atoms with Gasteiger partial charge in [-0.1, -0.05) is 42.0 Å². The van der Waals surface area contributed by atoms with Gasteiger partial charge >= 0.3 is 0 Å². The third-order valence-corrected chi connectivity index (χ3v) is 6.37. The highest BCUT2D eigenvalue weighted by Gasteiger charge is 2.30. The number of aromatic nitrogens is 1. The van der Waals surface area contributed by atoms with Crippen LogP contribution >= 0.6 is 0 Å². The van der Waals surface area contributed by atoms with E-state index in [0.717, 1.165) is 39.9 Å². The molecule has 0 saturated heterocycles. The fourth-order valence-electron chi connectivity index (χ4n) is 4.43. The molecule has 1 aliphatic heterocycles. The zero-order valence-corrected chi connectivity index (χ0v) is 19.4. The molecule has 0 atom stereocenters. The van der Waals surface area contributed by atoms with Gasteiger partial charge in [0.05, 0.1) is 5.56 Å². The summed E-state index contributed by atoms with van der Waals surface area (Å²) < 4.78 is 14.4. The number of rotatable bonds is 5. The average Bonchev–Trinajstić information content (AvgIpc) is 3.34. The van der Waals surface area contributed by atoms with E-state index in [2.05, 4.69) is 61.9 Å². The van der Waals surface area contributed by atoms with Crippen LogP contribution in [0.5, 0.6) is 11.5 Å². The number of hydrogen-bond acceptors (Lipinski definition) is 3. The van der Waals surface area contributed by atoms with Crippen LogP contribution in [0.15, 0.2) is 66.6 Å². The van der Waals surface area contributed by atoms with Gasteiger partial charge in [0.15, 0.2) is 5.76 Å². The zero-order chi connectivity index (χ0) is 23.1. The third-order valence-electron chi connectivity index (χ3n) is 6.37. The summed E-state index contributed by atoms with van der Waals surface area (Å²) in [7, 11) is 0. The second-order valence-corrected chi connectivity index (χ2v) is 8.61. The van der Waals surface area contributed by atoms with E-state index in [4.69, 9.17) is 9.47 Å². The van der Waals surface area contributed by atoms with Crippen molar-refractivity contribution in [3.8, 4) is 11.5 Å². The molecule has 1 aromatic heterocycles. The monoisotopic (exact) mass is 437 g/mol. The maximum Gasteiger partial charge on any atom is 0.231 e. The van der Waals surface area contributed by atoms with Crippen LogP contribution in [0, 0.1) is 20.8 Å². The molecule has 4 aromatic rings. The van der Waals surface area contributed by atoms with E-state index >= 15 is 0 Å². The number of ether oxygens (including phenoxy) is 2. The Balaban J connectivity index is 1.44. The first-order chi connectivity index (χ1) is 16.0. The standard InChI is InChI=1S/C29H27NO3/c1-5-30-16-21(23-8-6-7-9-25(23)30)15-27-28(31)24-12-13-26(20(4)29(24)33-27)32-17-22-14-18(2)10-11-19(22)3/h6-16H,5,17H2,1-4H3. The minimum atomic E-state index is -0.0949. The molecule has 0 spiro atoms. The fraction of sp³-hybridized carbons (Fsp3) is 0.207. The molecule has 4 nitrogen and oxygen atoms in total. The summed E-state index contributed by atoms with van der Waals surface area (Å²) >= 11 is 0. The predicted octanol–water partition coefficient (Wildman–Crippen LogP) is 6.78. The van der Waals surface area contributed by atoms with Gasteiger partial charge in [0, 0.05) is 34.8 Å². The number of aryl methyl sites for hydroxylation is 3. The van der Waals surface area contributed by atoms with Crippen LogP contribution in [-0.4, -0.2) is 10.4 Å². The molecule has 3 aromatic carbocycles. The minimum Gasteiger partial charge on any atom is -0.488 e. The van der Waals surface area contributed by atoms with Crippen molar-refractivity contribution in [3.05, 3.63) is 99.9 Å². The second kappa shape index (κ2) is 8.28. The summed E-state index contributed by atoms with van der Waals surface area (Å²) in [6.07, 6.45) is 3.93. The number of carbonyl (C=O) groups is 1. The Morgan fingerprint density at radius 2 is 1.85 bits per heavy atom. The Morgan fingerprint density at radius 1 is 1.03 bits per heavy atom. The van der Waals surface area contributed by atoms with Gasteiger partial charge in [-0.05, 0) is 63.1 Å². The summed E-state index contributed by atoms with van der Waals surface area (Å²) in [5.74, 6) is 1.57. The molecule has 1 aliphatic rings. The Kier molecular flexibility index (Phi) is 5.29. The maximum absolute atomic E-state index is 13.1. The predicted molar refractivity (Wildman–Crippen MR) is 132 cm³/mol. The number of carbonyl (C=O) groups excluding carboxylic acids is 1. The lowest BCUT2D eigenvalue weighted by atomic mass is 10.0. The van der Waals surface area contributed by atoms with Crippen molar-refractivity contribution < 1.29 is 14.3 Å². The van der Waals surface area contributed by atoms with Gasteiger partial charge in [0.1, 0.15) is 18.1 Å². The van der Waals surface area contributed by atoms with Gasteiger partial charge in [-0.3, -0.25) is 4.79 Å². The lowest BCUT2D eigenvalue weighted by Crippen LogP contribution is -2.00. The van der Waals surface area contributed by atoms with Gasteiger partial charge in [-0.2, -0.15) is 0 Å². The van der Waals surface area contributed by atoms with Crippen LogP contribution in [0.2, 0.25) is 0 Å². The number of hydrogen-bond donors (Lipinski definition) is 0. The Hall–Kier alpha value is -3.79. The molecule has 33 heavy (non-hydrogen) atoms. The summed E-state index contributed by atoms with van der Waals surface area (Å²) in [4.78, 5) is 13.1. The fourth-order valence-corrected chi connectivity index (χ4v) is 4.43. The molecule has 0 N–H and O–H groups in total. The normalized spacial score (nSPS) is 14.1. The minimum absolute atomic E-state index is 0.0949. The maximum atomic E-state index is 13.1. The topological polar surface area (TPSA) is 40.5 Å². The molecule has 0 saturated carbocycles. The molecule has 166 valence electrons. The lowest BCUT2D eigenvalue weighted by Gasteiger charge is -2.13.